The highest BCUT2D eigenvalue weighted by molar-refractivity contribution is 9.10. The Morgan fingerprint density at radius 2 is 1.90 bits per heavy atom. The molecule has 0 aliphatic carbocycles. The first-order valence-electron chi connectivity index (χ1n) is 6.86. The van der Waals surface area contributed by atoms with Crippen LogP contribution in [0.3, 0.4) is 0 Å². The third-order valence-corrected chi connectivity index (χ3v) is 5.88. The van der Waals surface area contributed by atoms with Crippen LogP contribution in [0.5, 0.6) is 0 Å². The van der Waals surface area contributed by atoms with Crippen LogP contribution in [-0.2, 0) is 17.1 Å². The lowest BCUT2D eigenvalue weighted by Gasteiger charge is -2.32. The lowest BCUT2D eigenvalue weighted by atomic mass is 10.3. The van der Waals surface area contributed by atoms with E-state index in [4.69, 9.17) is 0 Å². The number of piperazine rings is 1. The third-order valence-electron chi connectivity index (χ3n) is 3.53. The molecule has 0 unspecified atom stereocenters. The Morgan fingerprint density at radius 3 is 2.48 bits per heavy atom. The average Bonchev–Trinajstić information content (AvgIpc) is 2.77. The van der Waals surface area contributed by atoms with Gasteiger partial charge >= 0.3 is 0 Å². The van der Waals surface area contributed by atoms with E-state index >= 15 is 0 Å². The maximum Gasteiger partial charge on any atom is 0.260 e. The third kappa shape index (κ3) is 4.46. The summed E-state index contributed by atoms with van der Waals surface area (Å²) >= 11 is 3.10. The van der Waals surface area contributed by atoms with Gasteiger partial charge in [0.25, 0.3) is 10.0 Å². The molecule has 0 amide bonds. The molecule has 2 rings (SSSR count). The maximum absolute atomic E-state index is 12.2. The first-order chi connectivity index (χ1) is 9.90. The van der Waals surface area contributed by atoms with E-state index in [0.717, 1.165) is 39.1 Å². The van der Waals surface area contributed by atoms with Gasteiger partial charge in [-0.1, -0.05) is 5.21 Å². The number of aryl methyl sites for hydroxylation is 1. The molecule has 1 aliphatic heterocycles. The number of rotatable bonds is 6. The number of hydrogen-bond donors (Lipinski definition) is 1. The van der Waals surface area contributed by atoms with Crippen LogP contribution in [0.4, 0.5) is 0 Å². The predicted molar refractivity (Wildman–Crippen MR) is 82.4 cm³/mol. The van der Waals surface area contributed by atoms with Crippen molar-refractivity contribution in [3.05, 3.63) is 4.60 Å². The summed E-state index contributed by atoms with van der Waals surface area (Å²) in [5, 5.41) is 7.43. The van der Waals surface area contributed by atoms with Gasteiger partial charge in [0.05, 0.1) is 0 Å². The molecular weight excluding hydrogens is 360 g/mol. The van der Waals surface area contributed by atoms with E-state index in [0.29, 0.717) is 6.54 Å². The topological polar surface area (TPSA) is 83.4 Å². The van der Waals surface area contributed by atoms with Crippen LogP contribution in [0, 0.1) is 0 Å². The summed E-state index contributed by atoms with van der Waals surface area (Å²) in [6, 6.07) is 0. The first kappa shape index (κ1) is 16.8. The summed E-state index contributed by atoms with van der Waals surface area (Å²) in [7, 11) is 0.0928. The van der Waals surface area contributed by atoms with Gasteiger partial charge in [-0.25, -0.2) is 17.8 Å². The van der Waals surface area contributed by atoms with Crippen LogP contribution in [0.1, 0.15) is 6.42 Å². The molecule has 1 N–H and O–H groups in total. The number of nitrogens with one attached hydrogen (secondary N) is 1. The molecule has 0 radical (unpaired) electrons. The molecule has 1 saturated heterocycles. The molecule has 8 nitrogen and oxygen atoms in total. The van der Waals surface area contributed by atoms with E-state index < -0.39 is 10.0 Å². The Bertz CT molecular complexity index is 548. The van der Waals surface area contributed by atoms with Crippen LogP contribution >= 0.6 is 15.9 Å². The molecule has 10 heteroatoms. The van der Waals surface area contributed by atoms with Crippen LogP contribution in [0.15, 0.2) is 9.63 Å². The second-order valence-corrected chi connectivity index (χ2v) is 7.64. The minimum absolute atomic E-state index is 0.0575. The van der Waals surface area contributed by atoms with Gasteiger partial charge in [-0.3, -0.25) is 0 Å². The van der Waals surface area contributed by atoms with Gasteiger partial charge in [-0.05, 0) is 35.9 Å². The Morgan fingerprint density at radius 1 is 1.24 bits per heavy atom. The Kier molecular flexibility index (Phi) is 5.72. The average molecular weight is 381 g/mol. The van der Waals surface area contributed by atoms with Crippen molar-refractivity contribution < 1.29 is 8.42 Å². The summed E-state index contributed by atoms with van der Waals surface area (Å²) in [6.07, 6.45) is 0.784. The van der Waals surface area contributed by atoms with Gasteiger partial charge in [0, 0.05) is 39.8 Å². The van der Waals surface area contributed by atoms with Crippen molar-refractivity contribution in [2.24, 2.45) is 7.05 Å². The quantitative estimate of drug-likeness (QED) is 0.669. The van der Waals surface area contributed by atoms with Crippen LogP contribution < -0.4 is 4.72 Å². The summed E-state index contributed by atoms with van der Waals surface area (Å²) in [5.41, 5.74) is 0. The van der Waals surface area contributed by atoms with E-state index in [9.17, 15) is 8.42 Å². The molecule has 1 aromatic rings. The number of sulfonamides is 1. The van der Waals surface area contributed by atoms with Crippen molar-refractivity contribution in [2.75, 3.05) is 46.3 Å². The lowest BCUT2D eigenvalue weighted by Crippen LogP contribution is -2.45. The van der Waals surface area contributed by atoms with Gasteiger partial charge in [0.15, 0.2) is 4.60 Å². The van der Waals surface area contributed by atoms with Crippen molar-refractivity contribution in [3.63, 3.8) is 0 Å². The highest BCUT2D eigenvalue weighted by Gasteiger charge is 2.23. The lowest BCUT2D eigenvalue weighted by molar-refractivity contribution is 0.153. The molecule has 120 valence electrons. The fourth-order valence-electron chi connectivity index (χ4n) is 2.26. The van der Waals surface area contributed by atoms with Gasteiger partial charge in [0.1, 0.15) is 0 Å². The van der Waals surface area contributed by atoms with E-state index in [-0.39, 0.29) is 9.63 Å². The molecule has 0 bridgehead atoms. The van der Waals surface area contributed by atoms with Gasteiger partial charge < -0.3 is 9.80 Å². The molecule has 21 heavy (non-hydrogen) atoms. The molecule has 0 spiro atoms. The van der Waals surface area contributed by atoms with Crippen molar-refractivity contribution in [3.8, 4) is 0 Å². The molecule has 0 saturated carbocycles. The molecule has 1 aliphatic rings. The van der Waals surface area contributed by atoms with Crippen molar-refractivity contribution in [1.29, 1.82) is 0 Å². The summed E-state index contributed by atoms with van der Waals surface area (Å²) in [6.45, 7) is 5.53. The Labute approximate surface area is 133 Å². The first-order valence-corrected chi connectivity index (χ1v) is 9.13. The molecule has 1 aromatic heterocycles. The minimum Gasteiger partial charge on any atom is -0.304 e. The van der Waals surface area contributed by atoms with E-state index in [1.807, 2.05) is 0 Å². The summed E-state index contributed by atoms with van der Waals surface area (Å²) in [5.74, 6) is 0. The molecule has 0 atom stereocenters. The molecular formula is C11H21BrN6O2S. The normalized spacial score (nSPS) is 18.2. The molecule has 1 fully saturated rings. The van der Waals surface area contributed by atoms with Crippen LogP contribution in [-0.4, -0.2) is 79.5 Å². The summed E-state index contributed by atoms with van der Waals surface area (Å²) in [4.78, 5) is 4.65. The number of halogens is 1. The van der Waals surface area contributed by atoms with Crippen molar-refractivity contribution in [2.45, 2.75) is 11.4 Å². The number of likely N-dealkylation sites (N-methyl/N-ethyl adjacent to an activating group) is 1. The van der Waals surface area contributed by atoms with E-state index in [1.54, 1.807) is 7.05 Å². The van der Waals surface area contributed by atoms with Gasteiger partial charge in [0.2, 0.25) is 5.03 Å². The Hall–Kier alpha value is -0.550. The van der Waals surface area contributed by atoms with Crippen LogP contribution in [0.25, 0.3) is 0 Å². The predicted octanol–water partition coefficient (Wildman–Crippen LogP) is -0.507. The Balaban J connectivity index is 1.78. The van der Waals surface area contributed by atoms with E-state index in [1.165, 1.54) is 4.68 Å². The minimum atomic E-state index is -3.58. The van der Waals surface area contributed by atoms with Gasteiger partial charge in [-0.15, -0.1) is 5.10 Å². The SMILES string of the molecule is CN1CCN(CCCNS(=O)(=O)c2c(Br)nnn2C)CC1. The standard InChI is InChI=1S/C11H21BrN6O2S/c1-16-6-8-18(9-7-16)5-3-4-13-21(19,20)11-10(12)14-15-17(11)2/h13H,3-9H2,1-2H3. The fourth-order valence-corrected chi connectivity index (χ4v) is 4.42. The second-order valence-electron chi connectivity index (χ2n) is 5.21. The van der Waals surface area contributed by atoms with Crippen molar-refractivity contribution in [1.82, 2.24) is 29.5 Å². The number of nitrogens with zero attached hydrogens (tertiary/aromatic N) is 5. The zero-order chi connectivity index (χ0) is 15.5. The highest BCUT2D eigenvalue weighted by Crippen LogP contribution is 2.17. The van der Waals surface area contributed by atoms with Crippen LogP contribution in [0.2, 0.25) is 0 Å². The summed E-state index contributed by atoms with van der Waals surface area (Å²) < 4.78 is 28.4. The molecule has 2 heterocycles. The smallest absolute Gasteiger partial charge is 0.260 e. The number of hydrogen-bond acceptors (Lipinski definition) is 6. The largest absolute Gasteiger partial charge is 0.304 e. The van der Waals surface area contributed by atoms with E-state index in [2.05, 4.69) is 47.8 Å². The van der Waals surface area contributed by atoms with Gasteiger partial charge in [-0.2, -0.15) is 0 Å². The second kappa shape index (κ2) is 7.14. The zero-order valence-electron chi connectivity index (χ0n) is 12.3. The number of aromatic nitrogens is 3. The molecule has 0 aromatic carbocycles. The monoisotopic (exact) mass is 380 g/mol. The fraction of sp³-hybridized carbons (Fsp3) is 0.818. The maximum atomic E-state index is 12.2. The van der Waals surface area contributed by atoms with Crippen molar-refractivity contribution >= 4 is 26.0 Å². The zero-order valence-corrected chi connectivity index (χ0v) is 14.7. The highest BCUT2D eigenvalue weighted by atomic mass is 79.9.